The predicted molar refractivity (Wildman–Crippen MR) is 97.4 cm³/mol. The monoisotopic (exact) mass is 349 g/mol. The number of amides is 2. The largest absolute Gasteiger partial charge is 0.384 e. The van der Waals surface area contributed by atoms with E-state index < -0.39 is 11.8 Å². The number of nitrogens with two attached hydrogens (primary N) is 2. The number of anilines is 4. The Morgan fingerprint density at radius 1 is 0.654 bits per heavy atom. The van der Waals surface area contributed by atoms with Crippen molar-refractivity contribution in [3.8, 4) is 0 Å². The molecule has 0 unspecified atom stereocenters. The van der Waals surface area contributed by atoms with Gasteiger partial charge < -0.3 is 22.1 Å². The third-order valence-electron chi connectivity index (χ3n) is 3.24. The molecule has 3 heterocycles. The van der Waals surface area contributed by atoms with Gasteiger partial charge in [0.05, 0.1) is 0 Å². The van der Waals surface area contributed by atoms with Gasteiger partial charge in [0.2, 0.25) is 0 Å². The molecule has 0 bridgehead atoms. The van der Waals surface area contributed by atoms with Gasteiger partial charge in [0, 0.05) is 0 Å². The molecule has 26 heavy (non-hydrogen) atoms. The van der Waals surface area contributed by atoms with Crippen LogP contribution in [0.4, 0.5) is 23.3 Å². The van der Waals surface area contributed by atoms with E-state index in [4.69, 9.17) is 11.5 Å². The van der Waals surface area contributed by atoms with Crippen LogP contribution in [0.5, 0.6) is 0 Å². The zero-order chi connectivity index (χ0) is 18.5. The van der Waals surface area contributed by atoms with Gasteiger partial charge in [-0.25, -0.2) is 15.0 Å². The van der Waals surface area contributed by atoms with Crippen LogP contribution in [0.15, 0.2) is 54.6 Å². The molecule has 130 valence electrons. The molecule has 0 saturated heterocycles. The van der Waals surface area contributed by atoms with Crippen LogP contribution >= 0.6 is 0 Å². The fraction of sp³-hybridized carbons (Fsp3) is 0. The lowest BCUT2D eigenvalue weighted by Gasteiger charge is -2.07. The number of carbonyl (C=O) groups is 2. The maximum atomic E-state index is 12.3. The Kier molecular flexibility index (Phi) is 4.70. The fourth-order valence-electron chi connectivity index (χ4n) is 2.09. The summed E-state index contributed by atoms with van der Waals surface area (Å²) in [6, 6.07) is 14.2. The number of rotatable bonds is 4. The number of aromatic nitrogens is 3. The zero-order valence-electron chi connectivity index (χ0n) is 13.5. The van der Waals surface area contributed by atoms with Crippen molar-refractivity contribution in [1.29, 1.82) is 0 Å². The lowest BCUT2D eigenvalue weighted by molar-refractivity contribution is 0.101. The summed E-state index contributed by atoms with van der Waals surface area (Å²) in [5, 5.41) is 5.14. The molecule has 0 saturated carbocycles. The number of nitrogen functional groups attached to an aromatic ring is 2. The molecule has 9 heteroatoms. The van der Waals surface area contributed by atoms with Gasteiger partial charge in [-0.1, -0.05) is 18.2 Å². The summed E-state index contributed by atoms with van der Waals surface area (Å²) in [7, 11) is 0. The van der Waals surface area contributed by atoms with E-state index in [1.807, 2.05) is 0 Å². The molecule has 0 atom stereocenters. The highest BCUT2D eigenvalue weighted by atomic mass is 16.2. The molecule has 0 aromatic carbocycles. The first-order chi connectivity index (χ1) is 12.5. The molecule has 6 N–H and O–H groups in total. The second-order valence-electron chi connectivity index (χ2n) is 5.21. The summed E-state index contributed by atoms with van der Waals surface area (Å²) in [4.78, 5) is 36.6. The number of nitrogens with zero attached hydrogens (tertiary/aromatic N) is 3. The summed E-state index contributed by atoms with van der Waals surface area (Å²) in [5.74, 6) is 0.0999. The summed E-state index contributed by atoms with van der Waals surface area (Å²) >= 11 is 0. The lowest BCUT2D eigenvalue weighted by Crippen LogP contribution is -2.19. The molecule has 0 radical (unpaired) electrons. The van der Waals surface area contributed by atoms with Crippen LogP contribution in [-0.2, 0) is 0 Å². The average molecular weight is 349 g/mol. The number of carbonyl (C=O) groups excluding carboxylic acids is 2. The Morgan fingerprint density at radius 3 is 1.50 bits per heavy atom. The third kappa shape index (κ3) is 4.09. The molecule has 0 aliphatic heterocycles. The Morgan fingerprint density at radius 2 is 1.08 bits per heavy atom. The molecule has 3 aromatic rings. The van der Waals surface area contributed by atoms with Crippen LogP contribution in [0, 0.1) is 0 Å². The molecule has 3 aromatic heterocycles. The van der Waals surface area contributed by atoms with Crippen LogP contribution in [0.3, 0.4) is 0 Å². The van der Waals surface area contributed by atoms with Gasteiger partial charge in [-0.05, 0) is 36.4 Å². The minimum absolute atomic E-state index is 0.0578. The van der Waals surface area contributed by atoms with E-state index in [2.05, 4.69) is 25.6 Å². The van der Waals surface area contributed by atoms with E-state index >= 15 is 0 Å². The van der Waals surface area contributed by atoms with E-state index in [0.717, 1.165) is 0 Å². The van der Waals surface area contributed by atoms with Crippen LogP contribution in [0.2, 0.25) is 0 Å². The standard InChI is InChI=1S/C17H15N7O2/c18-12-6-2-8-14(21-12)23-16(25)10-4-1-5-11(20-10)17(26)24-15-9-3-7-13(19)22-15/h1-9H,(H3,18,21,23,25)(H3,19,22,24,26). The minimum atomic E-state index is -0.514. The normalized spacial score (nSPS) is 10.2. The van der Waals surface area contributed by atoms with Crippen molar-refractivity contribution >= 4 is 35.1 Å². The van der Waals surface area contributed by atoms with Crippen molar-refractivity contribution in [3.63, 3.8) is 0 Å². The maximum Gasteiger partial charge on any atom is 0.275 e. The highest BCUT2D eigenvalue weighted by Crippen LogP contribution is 2.10. The first-order valence-corrected chi connectivity index (χ1v) is 7.56. The molecule has 9 nitrogen and oxygen atoms in total. The first kappa shape index (κ1) is 16.8. The van der Waals surface area contributed by atoms with Crippen LogP contribution in [-0.4, -0.2) is 26.8 Å². The fourth-order valence-corrected chi connectivity index (χ4v) is 2.09. The number of nitrogens with one attached hydrogen (secondary N) is 2. The average Bonchev–Trinajstić information content (AvgIpc) is 2.62. The van der Waals surface area contributed by atoms with Crippen LogP contribution in [0.1, 0.15) is 21.0 Å². The lowest BCUT2D eigenvalue weighted by atomic mass is 10.2. The van der Waals surface area contributed by atoms with Gasteiger partial charge in [-0.15, -0.1) is 0 Å². The van der Waals surface area contributed by atoms with Gasteiger partial charge in [0.25, 0.3) is 11.8 Å². The smallest absolute Gasteiger partial charge is 0.275 e. The summed E-state index contributed by atoms with van der Waals surface area (Å²) < 4.78 is 0. The molecular formula is C17H15N7O2. The second-order valence-corrected chi connectivity index (χ2v) is 5.21. The first-order valence-electron chi connectivity index (χ1n) is 7.56. The summed E-state index contributed by atoms with van der Waals surface area (Å²) in [5.41, 5.74) is 11.3. The molecule has 3 rings (SSSR count). The van der Waals surface area contributed by atoms with Gasteiger partial charge >= 0.3 is 0 Å². The van der Waals surface area contributed by atoms with E-state index in [0.29, 0.717) is 0 Å². The molecule has 0 spiro atoms. The highest BCUT2D eigenvalue weighted by Gasteiger charge is 2.13. The van der Waals surface area contributed by atoms with Crippen molar-refractivity contribution in [2.75, 3.05) is 22.1 Å². The second kappa shape index (κ2) is 7.26. The van der Waals surface area contributed by atoms with E-state index in [1.165, 1.54) is 12.1 Å². The van der Waals surface area contributed by atoms with Gasteiger partial charge in [-0.2, -0.15) is 0 Å². The Balaban J connectivity index is 1.75. The Hall–Kier alpha value is -4.01. The quantitative estimate of drug-likeness (QED) is 0.558. The van der Waals surface area contributed by atoms with Gasteiger partial charge in [0.1, 0.15) is 34.7 Å². The molecule has 0 aliphatic carbocycles. The Bertz CT molecular complexity index is 900. The maximum absolute atomic E-state index is 12.3. The van der Waals surface area contributed by atoms with Gasteiger partial charge in [-0.3, -0.25) is 9.59 Å². The predicted octanol–water partition coefficient (Wildman–Crippen LogP) is 1.54. The van der Waals surface area contributed by atoms with Gasteiger partial charge in [0.15, 0.2) is 0 Å². The van der Waals surface area contributed by atoms with E-state index in [-0.39, 0.29) is 34.7 Å². The zero-order valence-corrected chi connectivity index (χ0v) is 13.5. The number of pyridine rings is 3. The van der Waals surface area contributed by atoms with Crippen molar-refractivity contribution in [2.24, 2.45) is 0 Å². The number of hydrogen-bond acceptors (Lipinski definition) is 7. The third-order valence-corrected chi connectivity index (χ3v) is 3.24. The number of hydrogen-bond donors (Lipinski definition) is 4. The van der Waals surface area contributed by atoms with Crippen molar-refractivity contribution in [2.45, 2.75) is 0 Å². The SMILES string of the molecule is Nc1cccc(NC(=O)c2cccc(C(=O)Nc3cccc(N)n3)n2)n1. The molecule has 2 amide bonds. The summed E-state index contributed by atoms with van der Waals surface area (Å²) in [6.07, 6.45) is 0. The van der Waals surface area contributed by atoms with E-state index in [9.17, 15) is 9.59 Å². The van der Waals surface area contributed by atoms with Crippen molar-refractivity contribution in [3.05, 3.63) is 66.0 Å². The molecule has 0 fully saturated rings. The Labute approximate surface area is 148 Å². The van der Waals surface area contributed by atoms with E-state index in [1.54, 1.807) is 42.5 Å². The highest BCUT2D eigenvalue weighted by molar-refractivity contribution is 6.05. The molecule has 0 aliphatic rings. The van der Waals surface area contributed by atoms with Crippen molar-refractivity contribution < 1.29 is 9.59 Å². The topological polar surface area (TPSA) is 149 Å². The van der Waals surface area contributed by atoms with Crippen LogP contribution in [0.25, 0.3) is 0 Å². The molecular weight excluding hydrogens is 334 g/mol. The summed E-state index contributed by atoms with van der Waals surface area (Å²) in [6.45, 7) is 0. The van der Waals surface area contributed by atoms with Crippen LogP contribution < -0.4 is 22.1 Å². The minimum Gasteiger partial charge on any atom is -0.384 e. The van der Waals surface area contributed by atoms with Crippen molar-refractivity contribution in [1.82, 2.24) is 15.0 Å².